The van der Waals surface area contributed by atoms with Crippen molar-refractivity contribution in [2.45, 2.75) is 19.1 Å². The van der Waals surface area contributed by atoms with Crippen LogP contribution in [0.25, 0.3) is 0 Å². The van der Waals surface area contributed by atoms with Gasteiger partial charge in [0.1, 0.15) is 0 Å². The average molecular weight is 289 g/mol. The van der Waals surface area contributed by atoms with Gasteiger partial charge in [-0.25, -0.2) is 4.68 Å². The quantitative estimate of drug-likeness (QED) is 0.829. The molecule has 2 aromatic rings. The van der Waals surface area contributed by atoms with E-state index in [2.05, 4.69) is 32.6 Å². The highest BCUT2D eigenvalue weighted by Gasteiger charge is 2.24. The van der Waals surface area contributed by atoms with Gasteiger partial charge in [0.05, 0.1) is 39.0 Å². The summed E-state index contributed by atoms with van der Waals surface area (Å²) in [4.78, 5) is 2.16. The van der Waals surface area contributed by atoms with Crippen molar-refractivity contribution in [3.63, 3.8) is 0 Å². The standard InChI is InChI=1S/C14H19N5O2/c20-10-13-11-21-7-6-18(13)9-14-15-16-17-19(14)8-12-4-2-1-3-5-12/h1-5,13,20H,6-11H2. The predicted molar refractivity (Wildman–Crippen MR) is 75.5 cm³/mol. The second kappa shape index (κ2) is 6.75. The molecule has 0 bridgehead atoms. The number of hydrogen-bond acceptors (Lipinski definition) is 6. The fraction of sp³-hybridized carbons (Fsp3) is 0.500. The van der Waals surface area contributed by atoms with Gasteiger partial charge in [0.2, 0.25) is 0 Å². The summed E-state index contributed by atoms with van der Waals surface area (Å²) in [5.74, 6) is 0.805. The molecule has 21 heavy (non-hydrogen) atoms. The summed E-state index contributed by atoms with van der Waals surface area (Å²) in [7, 11) is 0. The maximum absolute atomic E-state index is 9.41. The molecule has 7 nitrogen and oxygen atoms in total. The highest BCUT2D eigenvalue weighted by atomic mass is 16.5. The molecule has 1 aromatic carbocycles. The van der Waals surface area contributed by atoms with Crippen molar-refractivity contribution in [2.24, 2.45) is 0 Å². The van der Waals surface area contributed by atoms with Crippen LogP contribution in [0.15, 0.2) is 30.3 Å². The van der Waals surface area contributed by atoms with Gasteiger partial charge >= 0.3 is 0 Å². The van der Waals surface area contributed by atoms with Crippen LogP contribution in [0.2, 0.25) is 0 Å². The Hall–Kier alpha value is -1.83. The van der Waals surface area contributed by atoms with Crippen LogP contribution in [0.5, 0.6) is 0 Å². The molecule has 0 amide bonds. The van der Waals surface area contributed by atoms with E-state index in [1.165, 1.54) is 0 Å². The third kappa shape index (κ3) is 3.44. The van der Waals surface area contributed by atoms with E-state index >= 15 is 0 Å². The molecule has 0 radical (unpaired) electrons. The largest absolute Gasteiger partial charge is 0.395 e. The van der Waals surface area contributed by atoms with E-state index in [4.69, 9.17) is 4.74 Å². The number of aliphatic hydroxyl groups is 1. The minimum Gasteiger partial charge on any atom is -0.395 e. The molecule has 7 heteroatoms. The average Bonchev–Trinajstić information content (AvgIpc) is 2.96. The number of hydrogen-bond donors (Lipinski definition) is 1. The number of tetrazole rings is 1. The molecule has 2 heterocycles. The van der Waals surface area contributed by atoms with Crippen molar-refractivity contribution in [3.05, 3.63) is 41.7 Å². The van der Waals surface area contributed by atoms with Crippen molar-refractivity contribution < 1.29 is 9.84 Å². The molecule has 1 aromatic heterocycles. The summed E-state index contributed by atoms with van der Waals surface area (Å²) in [5.41, 5.74) is 1.16. The number of benzene rings is 1. The third-order valence-corrected chi connectivity index (χ3v) is 3.69. The van der Waals surface area contributed by atoms with Crippen LogP contribution in [0, 0.1) is 0 Å². The first kappa shape index (κ1) is 14.1. The summed E-state index contributed by atoms with van der Waals surface area (Å²) in [6.07, 6.45) is 0. The fourth-order valence-corrected chi connectivity index (χ4v) is 2.46. The zero-order chi connectivity index (χ0) is 14.5. The maximum atomic E-state index is 9.41. The molecule has 1 saturated heterocycles. The van der Waals surface area contributed by atoms with Crippen molar-refractivity contribution >= 4 is 0 Å². The Morgan fingerprint density at radius 1 is 1.24 bits per heavy atom. The summed E-state index contributed by atoms with van der Waals surface area (Å²) in [6, 6.07) is 10.1. The lowest BCUT2D eigenvalue weighted by Crippen LogP contribution is -2.47. The number of nitrogens with zero attached hydrogens (tertiary/aromatic N) is 5. The Bertz CT molecular complexity index is 560. The van der Waals surface area contributed by atoms with Gasteiger partial charge in [-0.2, -0.15) is 0 Å². The second-order valence-electron chi connectivity index (χ2n) is 5.12. The van der Waals surface area contributed by atoms with E-state index in [9.17, 15) is 5.11 Å². The van der Waals surface area contributed by atoms with Crippen LogP contribution in [0.1, 0.15) is 11.4 Å². The van der Waals surface area contributed by atoms with Gasteiger partial charge in [-0.1, -0.05) is 30.3 Å². The molecular formula is C14H19N5O2. The van der Waals surface area contributed by atoms with Gasteiger partial charge in [-0.05, 0) is 16.0 Å². The van der Waals surface area contributed by atoms with Crippen molar-refractivity contribution in [1.29, 1.82) is 0 Å². The van der Waals surface area contributed by atoms with Crippen LogP contribution >= 0.6 is 0 Å². The SMILES string of the molecule is OCC1COCCN1Cc1nnnn1Cc1ccccc1. The third-order valence-electron chi connectivity index (χ3n) is 3.69. The first-order chi connectivity index (χ1) is 10.4. The Morgan fingerprint density at radius 2 is 2.10 bits per heavy atom. The van der Waals surface area contributed by atoms with Crippen LogP contribution in [0.4, 0.5) is 0 Å². The Balaban J connectivity index is 1.70. The normalized spacial score (nSPS) is 19.8. The smallest absolute Gasteiger partial charge is 0.165 e. The highest BCUT2D eigenvalue weighted by molar-refractivity contribution is 5.14. The summed E-state index contributed by atoms with van der Waals surface area (Å²) < 4.78 is 7.19. The number of aromatic nitrogens is 4. The molecule has 1 fully saturated rings. The number of aliphatic hydroxyl groups excluding tert-OH is 1. The fourth-order valence-electron chi connectivity index (χ4n) is 2.46. The number of morpholine rings is 1. The van der Waals surface area contributed by atoms with Crippen LogP contribution in [-0.2, 0) is 17.8 Å². The predicted octanol–water partition coefficient (Wildman–Crippen LogP) is -0.0855. The van der Waals surface area contributed by atoms with E-state index in [-0.39, 0.29) is 12.6 Å². The Morgan fingerprint density at radius 3 is 2.90 bits per heavy atom. The first-order valence-corrected chi connectivity index (χ1v) is 7.08. The van der Waals surface area contributed by atoms with Crippen molar-refractivity contribution in [2.75, 3.05) is 26.4 Å². The molecule has 1 atom stereocenters. The molecule has 3 rings (SSSR count). The van der Waals surface area contributed by atoms with Gasteiger partial charge in [0, 0.05) is 6.54 Å². The minimum absolute atomic E-state index is 0.0145. The molecular weight excluding hydrogens is 270 g/mol. The monoisotopic (exact) mass is 289 g/mol. The molecule has 1 aliphatic heterocycles. The minimum atomic E-state index is 0.0145. The Labute approximate surface area is 123 Å². The Kier molecular flexibility index (Phi) is 4.54. The number of rotatable bonds is 5. The van der Waals surface area contributed by atoms with E-state index in [0.29, 0.717) is 26.3 Å². The van der Waals surface area contributed by atoms with Crippen LogP contribution in [0.3, 0.4) is 0 Å². The number of ether oxygens (including phenoxy) is 1. The molecule has 1 unspecified atom stereocenters. The van der Waals surface area contributed by atoms with E-state index in [1.807, 2.05) is 18.2 Å². The van der Waals surface area contributed by atoms with E-state index in [0.717, 1.165) is 17.9 Å². The lowest BCUT2D eigenvalue weighted by Gasteiger charge is -2.33. The van der Waals surface area contributed by atoms with Gasteiger partial charge in [-0.3, -0.25) is 4.90 Å². The molecule has 0 saturated carbocycles. The molecule has 0 spiro atoms. The highest BCUT2D eigenvalue weighted by Crippen LogP contribution is 2.11. The van der Waals surface area contributed by atoms with Gasteiger partial charge in [0.25, 0.3) is 0 Å². The topological polar surface area (TPSA) is 76.3 Å². The molecule has 1 aliphatic rings. The zero-order valence-electron chi connectivity index (χ0n) is 11.8. The van der Waals surface area contributed by atoms with Crippen LogP contribution < -0.4 is 0 Å². The summed E-state index contributed by atoms with van der Waals surface area (Å²) >= 11 is 0. The summed E-state index contributed by atoms with van der Waals surface area (Å²) in [6.45, 7) is 3.36. The van der Waals surface area contributed by atoms with Crippen molar-refractivity contribution in [1.82, 2.24) is 25.1 Å². The molecule has 112 valence electrons. The zero-order valence-corrected chi connectivity index (χ0v) is 11.8. The summed E-state index contributed by atoms with van der Waals surface area (Å²) in [5, 5.41) is 21.4. The van der Waals surface area contributed by atoms with Crippen molar-refractivity contribution in [3.8, 4) is 0 Å². The maximum Gasteiger partial charge on any atom is 0.165 e. The van der Waals surface area contributed by atoms with Gasteiger partial charge in [0.15, 0.2) is 5.82 Å². The first-order valence-electron chi connectivity index (χ1n) is 7.08. The lowest BCUT2D eigenvalue weighted by molar-refractivity contribution is -0.0327. The lowest BCUT2D eigenvalue weighted by atomic mass is 10.2. The van der Waals surface area contributed by atoms with Gasteiger partial charge in [-0.15, -0.1) is 5.10 Å². The molecule has 1 N–H and O–H groups in total. The van der Waals surface area contributed by atoms with Gasteiger partial charge < -0.3 is 9.84 Å². The van der Waals surface area contributed by atoms with E-state index < -0.39 is 0 Å². The van der Waals surface area contributed by atoms with Crippen LogP contribution in [-0.4, -0.2) is 62.6 Å². The van der Waals surface area contributed by atoms with E-state index in [1.54, 1.807) is 4.68 Å². The molecule has 0 aliphatic carbocycles. The second-order valence-corrected chi connectivity index (χ2v) is 5.12.